The quantitative estimate of drug-likeness (QED) is 0.725. The number of ether oxygens (including phenoxy) is 1. The third-order valence-electron chi connectivity index (χ3n) is 5.87. The van der Waals surface area contributed by atoms with Gasteiger partial charge >= 0.3 is 0 Å². The summed E-state index contributed by atoms with van der Waals surface area (Å²) in [6.45, 7) is 2.30. The molecule has 26 heavy (non-hydrogen) atoms. The maximum atomic E-state index is 9.82. The van der Waals surface area contributed by atoms with Gasteiger partial charge in [0.25, 0.3) is 0 Å². The highest BCUT2D eigenvalue weighted by atomic mass is 16.5. The van der Waals surface area contributed by atoms with Crippen molar-refractivity contribution in [2.75, 3.05) is 7.11 Å². The second-order valence-electron chi connectivity index (χ2n) is 7.52. The van der Waals surface area contributed by atoms with E-state index in [2.05, 4.69) is 39.3 Å². The molecule has 5 rings (SSSR count). The second-order valence-corrected chi connectivity index (χ2v) is 7.52. The third kappa shape index (κ3) is 2.04. The normalized spacial score (nSPS) is 22.5. The van der Waals surface area contributed by atoms with Gasteiger partial charge in [0.1, 0.15) is 6.61 Å². The van der Waals surface area contributed by atoms with E-state index in [0.29, 0.717) is 12.4 Å². The number of nitriles is 1. The highest BCUT2D eigenvalue weighted by Crippen LogP contribution is 2.78. The molecular formula is C20H19N5O. The zero-order valence-electron chi connectivity index (χ0n) is 14.9. The average molecular weight is 345 g/mol. The molecular weight excluding hydrogens is 326 g/mol. The molecule has 1 atom stereocenters. The summed E-state index contributed by atoms with van der Waals surface area (Å²) < 4.78 is 7.00. The van der Waals surface area contributed by atoms with Crippen LogP contribution in [-0.4, -0.2) is 26.9 Å². The van der Waals surface area contributed by atoms with Crippen LogP contribution in [0.2, 0.25) is 0 Å². The molecule has 0 amide bonds. The molecule has 1 unspecified atom stereocenters. The Balaban J connectivity index is 1.64. The maximum Gasteiger partial charge on any atom is 0.158 e. The lowest BCUT2D eigenvalue weighted by molar-refractivity contribution is 0.177. The van der Waals surface area contributed by atoms with Gasteiger partial charge in [-0.15, -0.1) is 0 Å². The summed E-state index contributed by atoms with van der Waals surface area (Å²) in [4.78, 5) is 8.98. The van der Waals surface area contributed by atoms with Gasteiger partial charge in [-0.3, -0.25) is 0 Å². The van der Waals surface area contributed by atoms with Crippen LogP contribution in [0.15, 0.2) is 30.5 Å². The van der Waals surface area contributed by atoms with Crippen molar-refractivity contribution in [1.29, 1.82) is 5.26 Å². The number of fused-ring (bicyclic) bond motifs is 1. The Kier molecular flexibility index (Phi) is 3.05. The minimum atomic E-state index is -0.306. The van der Waals surface area contributed by atoms with Gasteiger partial charge in [0, 0.05) is 24.3 Å². The number of hydrogen-bond acceptors (Lipinski definition) is 5. The molecule has 1 aromatic carbocycles. The van der Waals surface area contributed by atoms with Crippen LogP contribution in [0.5, 0.6) is 0 Å². The molecule has 130 valence electrons. The van der Waals surface area contributed by atoms with Gasteiger partial charge in [0.2, 0.25) is 0 Å². The smallest absolute Gasteiger partial charge is 0.158 e. The molecule has 3 aromatic rings. The molecule has 0 N–H and O–H groups in total. The van der Waals surface area contributed by atoms with Crippen molar-refractivity contribution in [3.63, 3.8) is 0 Å². The van der Waals surface area contributed by atoms with Crippen LogP contribution >= 0.6 is 0 Å². The fraction of sp³-hybridized carbons (Fsp3) is 0.400. The van der Waals surface area contributed by atoms with Crippen LogP contribution in [0.1, 0.15) is 36.3 Å². The summed E-state index contributed by atoms with van der Waals surface area (Å²) in [6, 6.07) is 10.8. The second kappa shape index (κ2) is 5.12. The minimum absolute atomic E-state index is 0.247. The standard InChI is InChI=1S/C20H19N5O/c1-13-7-18(24-17(23-13)10-26-2)25-16-8-15(4-3-14(16)9-22-25)20(12-21)11-19(20)5-6-19/h3-4,7-9H,5-6,10-11H2,1-2H3. The van der Waals surface area contributed by atoms with E-state index in [0.717, 1.165) is 34.4 Å². The summed E-state index contributed by atoms with van der Waals surface area (Å²) >= 11 is 0. The Morgan fingerprint density at radius 1 is 1.27 bits per heavy atom. The van der Waals surface area contributed by atoms with Crippen LogP contribution in [-0.2, 0) is 16.8 Å². The predicted octanol–water partition coefficient (Wildman–Crippen LogP) is 3.22. The molecule has 2 heterocycles. The number of methoxy groups -OCH3 is 1. The topological polar surface area (TPSA) is 76.6 Å². The van der Waals surface area contributed by atoms with E-state index >= 15 is 0 Å². The van der Waals surface area contributed by atoms with E-state index in [-0.39, 0.29) is 10.8 Å². The van der Waals surface area contributed by atoms with Crippen molar-refractivity contribution in [1.82, 2.24) is 19.7 Å². The van der Waals surface area contributed by atoms with Crippen molar-refractivity contribution < 1.29 is 4.74 Å². The predicted molar refractivity (Wildman–Crippen MR) is 95.7 cm³/mol. The van der Waals surface area contributed by atoms with Gasteiger partial charge in [-0.25, -0.2) is 14.6 Å². The van der Waals surface area contributed by atoms with Crippen LogP contribution in [0, 0.1) is 23.7 Å². The minimum Gasteiger partial charge on any atom is -0.377 e. The van der Waals surface area contributed by atoms with E-state index in [1.54, 1.807) is 7.11 Å². The zero-order chi connectivity index (χ0) is 17.9. The first-order valence-electron chi connectivity index (χ1n) is 8.84. The van der Waals surface area contributed by atoms with Gasteiger partial charge in [0.05, 0.1) is 23.2 Å². The number of nitrogens with zero attached hydrogens (tertiary/aromatic N) is 5. The summed E-state index contributed by atoms with van der Waals surface area (Å²) in [7, 11) is 1.63. The van der Waals surface area contributed by atoms with Crippen molar-refractivity contribution in [2.24, 2.45) is 5.41 Å². The monoisotopic (exact) mass is 345 g/mol. The molecule has 1 spiro atoms. The first kappa shape index (κ1) is 15.5. The van der Waals surface area contributed by atoms with E-state index in [9.17, 15) is 5.26 Å². The van der Waals surface area contributed by atoms with Crippen LogP contribution in [0.3, 0.4) is 0 Å². The van der Waals surface area contributed by atoms with Crippen molar-refractivity contribution >= 4 is 10.9 Å². The van der Waals surface area contributed by atoms with E-state index in [4.69, 9.17) is 4.74 Å². The number of aromatic nitrogens is 4. The van der Waals surface area contributed by atoms with Crippen LogP contribution < -0.4 is 0 Å². The largest absolute Gasteiger partial charge is 0.377 e. The molecule has 2 aliphatic carbocycles. The Hall–Kier alpha value is -2.78. The molecule has 0 radical (unpaired) electrons. The highest BCUT2D eigenvalue weighted by molar-refractivity contribution is 5.81. The summed E-state index contributed by atoms with van der Waals surface area (Å²) in [5, 5.41) is 15.4. The van der Waals surface area contributed by atoms with Crippen LogP contribution in [0.25, 0.3) is 16.7 Å². The molecule has 0 saturated heterocycles. The number of hydrogen-bond donors (Lipinski definition) is 0. The molecule has 6 heteroatoms. The Bertz CT molecular complexity index is 1080. The number of aryl methyl sites for hydroxylation is 1. The lowest BCUT2D eigenvalue weighted by Gasteiger charge is -2.10. The van der Waals surface area contributed by atoms with Crippen molar-refractivity contribution in [3.8, 4) is 11.9 Å². The Morgan fingerprint density at radius 3 is 2.81 bits per heavy atom. The summed E-state index contributed by atoms with van der Waals surface area (Å²) in [5.41, 5.74) is 2.89. The summed E-state index contributed by atoms with van der Waals surface area (Å²) in [5.74, 6) is 1.36. The van der Waals surface area contributed by atoms with E-state index in [1.165, 1.54) is 12.8 Å². The molecule has 2 fully saturated rings. The zero-order valence-corrected chi connectivity index (χ0v) is 14.9. The molecule has 2 aromatic heterocycles. The SMILES string of the molecule is COCc1nc(C)cc(-n2ncc3ccc(C4(C#N)CC45CC5)cc32)n1. The molecule has 2 saturated carbocycles. The molecule has 2 aliphatic rings. The van der Waals surface area contributed by atoms with Gasteiger partial charge in [-0.1, -0.05) is 12.1 Å². The highest BCUT2D eigenvalue weighted by Gasteiger charge is 2.75. The number of benzene rings is 1. The molecule has 0 bridgehead atoms. The van der Waals surface area contributed by atoms with E-state index in [1.807, 2.05) is 23.9 Å². The molecule has 6 nitrogen and oxygen atoms in total. The maximum absolute atomic E-state index is 9.82. The average Bonchev–Trinajstić information content (AvgIpc) is 3.50. The third-order valence-corrected chi connectivity index (χ3v) is 5.87. The Morgan fingerprint density at radius 2 is 2.12 bits per heavy atom. The Labute approximate surface area is 151 Å². The van der Waals surface area contributed by atoms with Crippen molar-refractivity contribution in [3.05, 3.63) is 47.5 Å². The molecule has 0 aliphatic heterocycles. The lowest BCUT2D eigenvalue weighted by atomic mass is 9.93. The first-order chi connectivity index (χ1) is 12.6. The van der Waals surface area contributed by atoms with Crippen molar-refractivity contribution in [2.45, 2.75) is 38.2 Å². The van der Waals surface area contributed by atoms with Gasteiger partial charge in [-0.2, -0.15) is 10.4 Å². The van der Waals surface area contributed by atoms with E-state index < -0.39 is 0 Å². The van der Waals surface area contributed by atoms with Crippen LogP contribution in [0.4, 0.5) is 0 Å². The van der Waals surface area contributed by atoms with Gasteiger partial charge < -0.3 is 4.74 Å². The van der Waals surface area contributed by atoms with Gasteiger partial charge in [-0.05, 0) is 43.2 Å². The number of rotatable bonds is 4. The van der Waals surface area contributed by atoms with Gasteiger partial charge in [0.15, 0.2) is 11.6 Å². The fourth-order valence-corrected chi connectivity index (χ4v) is 4.23. The first-order valence-corrected chi connectivity index (χ1v) is 8.84. The fourth-order valence-electron chi connectivity index (χ4n) is 4.23. The lowest BCUT2D eigenvalue weighted by Crippen LogP contribution is -2.09. The summed E-state index contributed by atoms with van der Waals surface area (Å²) in [6.07, 6.45) is 5.17.